The highest BCUT2D eigenvalue weighted by Crippen LogP contribution is 2.36. The Morgan fingerprint density at radius 2 is 2.00 bits per heavy atom. The van der Waals surface area contributed by atoms with Crippen molar-refractivity contribution in [3.8, 4) is 5.69 Å². The van der Waals surface area contributed by atoms with Crippen LogP contribution in [0.5, 0.6) is 0 Å². The van der Waals surface area contributed by atoms with Gasteiger partial charge in [-0.05, 0) is 50.2 Å². The summed E-state index contributed by atoms with van der Waals surface area (Å²) in [5.74, 6) is -0.679. The van der Waals surface area contributed by atoms with Crippen molar-refractivity contribution in [3.05, 3.63) is 71.8 Å². The molecule has 2 atom stereocenters. The molecule has 2 aromatic carbocycles. The first kappa shape index (κ1) is 20.2. The number of carbonyl (C=O) groups is 2. The normalized spacial score (nSPS) is 16.5. The minimum absolute atomic E-state index is 0.0837. The van der Waals surface area contributed by atoms with Crippen LogP contribution < -0.4 is 10.6 Å². The average molecular weight is 425 g/mol. The summed E-state index contributed by atoms with van der Waals surface area (Å²) in [5.41, 5.74) is 3.24. The maximum atomic E-state index is 13.2. The van der Waals surface area contributed by atoms with Crippen LogP contribution >= 0.6 is 11.8 Å². The third-order valence-corrected chi connectivity index (χ3v) is 6.32. The number of hydrogen-bond donors (Lipinski definition) is 2. The molecular formula is C22H21FN4O2S. The van der Waals surface area contributed by atoms with Crippen molar-refractivity contribution in [1.82, 2.24) is 15.1 Å². The molecular weight excluding hydrogens is 403 g/mol. The first-order valence-electron chi connectivity index (χ1n) is 9.59. The fourth-order valence-electron chi connectivity index (χ4n) is 3.46. The van der Waals surface area contributed by atoms with Crippen molar-refractivity contribution in [2.24, 2.45) is 0 Å². The van der Waals surface area contributed by atoms with Gasteiger partial charge in [-0.3, -0.25) is 9.59 Å². The highest BCUT2D eigenvalue weighted by Gasteiger charge is 2.29. The molecule has 1 aliphatic rings. The van der Waals surface area contributed by atoms with Gasteiger partial charge in [0.05, 0.1) is 28.9 Å². The standard InChI is InChI=1S/C22H21FN4O2S/c1-13(17-12-24-27(14(17)2)16-9-7-15(23)8-10-16)25-21(28)11-20-22(29)26-18-5-3-4-6-19(18)30-20/h3-10,12-13,20H,11H2,1-2H3,(H,25,28)(H,26,29). The lowest BCUT2D eigenvalue weighted by Gasteiger charge is -2.24. The summed E-state index contributed by atoms with van der Waals surface area (Å²) in [4.78, 5) is 25.9. The monoisotopic (exact) mass is 424 g/mol. The van der Waals surface area contributed by atoms with Crippen LogP contribution in [0.3, 0.4) is 0 Å². The quantitative estimate of drug-likeness (QED) is 0.649. The minimum Gasteiger partial charge on any atom is -0.349 e. The highest BCUT2D eigenvalue weighted by atomic mass is 32.2. The second-order valence-electron chi connectivity index (χ2n) is 7.16. The lowest BCUT2D eigenvalue weighted by Crippen LogP contribution is -2.35. The minimum atomic E-state index is -0.477. The van der Waals surface area contributed by atoms with Gasteiger partial charge in [0.2, 0.25) is 11.8 Å². The van der Waals surface area contributed by atoms with E-state index in [4.69, 9.17) is 0 Å². The van der Waals surface area contributed by atoms with E-state index in [0.717, 1.165) is 27.5 Å². The van der Waals surface area contributed by atoms with Gasteiger partial charge in [-0.1, -0.05) is 12.1 Å². The van der Waals surface area contributed by atoms with Crippen molar-refractivity contribution in [2.75, 3.05) is 5.32 Å². The summed E-state index contributed by atoms with van der Waals surface area (Å²) in [6, 6.07) is 13.3. The number of amides is 2. The van der Waals surface area contributed by atoms with Gasteiger partial charge in [-0.25, -0.2) is 9.07 Å². The summed E-state index contributed by atoms with van der Waals surface area (Å²) in [5, 5.41) is 9.71. The van der Waals surface area contributed by atoms with E-state index in [-0.39, 0.29) is 30.1 Å². The molecule has 154 valence electrons. The van der Waals surface area contributed by atoms with Crippen LogP contribution in [-0.4, -0.2) is 26.8 Å². The van der Waals surface area contributed by atoms with E-state index in [9.17, 15) is 14.0 Å². The number of anilines is 1. The van der Waals surface area contributed by atoms with Gasteiger partial charge in [0.15, 0.2) is 0 Å². The molecule has 0 aliphatic carbocycles. The second-order valence-corrected chi connectivity index (χ2v) is 8.40. The molecule has 2 unspecified atom stereocenters. The van der Waals surface area contributed by atoms with Crippen LogP contribution in [-0.2, 0) is 9.59 Å². The van der Waals surface area contributed by atoms with Crippen LogP contribution in [0.4, 0.5) is 10.1 Å². The lowest BCUT2D eigenvalue weighted by atomic mass is 10.1. The predicted octanol–water partition coefficient (Wildman–Crippen LogP) is 4.00. The van der Waals surface area contributed by atoms with Gasteiger partial charge in [-0.2, -0.15) is 5.10 Å². The Balaban J connectivity index is 1.42. The van der Waals surface area contributed by atoms with Crippen LogP contribution in [0.2, 0.25) is 0 Å². The molecule has 1 aliphatic heterocycles. The molecule has 4 rings (SSSR count). The van der Waals surface area contributed by atoms with Crippen LogP contribution in [0.25, 0.3) is 5.69 Å². The Bertz CT molecular complexity index is 1100. The molecule has 30 heavy (non-hydrogen) atoms. The number of fused-ring (bicyclic) bond motifs is 1. The molecule has 0 saturated heterocycles. The summed E-state index contributed by atoms with van der Waals surface area (Å²) < 4.78 is 14.9. The van der Waals surface area contributed by atoms with Crippen molar-refractivity contribution in [3.63, 3.8) is 0 Å². The number of halogens is 1. The summed E-state index contributed by atoms with van der Waals surface area (Å²) in [6.07, 6.45) is 1.78. The number of aromatic nitrogens is 2. The number of nitrogens with one attached hydrogen (secondary N) is 2. The van der Waals surface area contributed by atoms with E-state index < -0.39 is 5.25 Å². The first-order chi connectivity index (χ1) is 14.4. The van der Waals surface area contributed by atoms with Gasteiger partial charge in [0.25, 0.3) is 0 Å². The number of carbonyl (C=O) groups excluding carboxylic acids is 2. The van der Waals surface area contributed by atoms with Gasteiger partial charge in [0.1, 0.15) is 5.82 Å². The third kappa shape index (κ3) is 4.09. The lowest BCUT2D eigenvalue weighted by molar-refractivity contribution is -0.124. The zero-order valence-electron chi connectivity index (χ0n) is 16.6. The fourth-order valence-corrected chi connectivity index (χ4v) is 4.57. The number of benzene rings is 2. The number of rotatable bonds is 5. The fraction of sp³-hybridized carbons (Fsp3) is 0.227. The molecule has 2 heterocycles. The molecule has 1 aromatic heterocycles. The van der Waals surface area contributed by atoms with E-state index in [1.54, 1.807) is 23.0 Å². The number of para-hydroxylation sites is 1. The Morgan fingerprint density at radius 1 is 1.27 bits per heavy atom. The van der Waals surface area contributed by atoms with Gasteiger partial charge in [0, 0.05) is 22.6 Å². The first-order valence-corrected chi connectivity index (χ1v) is 10.5. The van der Waals surface area contributed by atoms with Crippen LogP contribution in [0.1, 0.15) is 30.6 Å². The SMILES string of the molecule is Cc1c(C(C)NC(=O)CC2Sc3ccccc3NC2=O)cnn1-c1ccc(F)cc1. The number of nitrogens with zero attached hydrogens (tertiary/aromatic N) is 2. The van der Waals surface area contributed by atoms with Gasteiger partial charge in [-0.15, -0.1) is 11.8 Å². The Hall–Kier alpha value is -3.13. The van der Waals surface area contributed by atoms with Gasteiger partial charge < -0.3 is 10.6 Å². The van der Waals surface area contributed by atoms with E-state index in [1.807, 2.05) is 38.1 Å². The van der Waals surface area contributed by atoms with Gasteiger partial charge >= 0.3 is 0 Å². The topological polar surface area (TPSA) is 76.0 Å². The van der Waals surface area contributed by atoms with E-state index >= 15 is 0 Å². The Morgan fingerprint density at radius 3 is 2.77 bits per heavy atom. The molecule has 0 fully saturated rings. The van der Waals surface area contributed by atoms with Crippen LogP contribution in [0.15, 0.2) is 59.6 Å². The molecule has 2 N–H and O–H groups in total. The van der Waals surface area contributed by atoms with Crippen LogP contribution in [0, 0.1) is 12.7 Å². The largest absolute Gasteiger partial charge is 0.349 e. The second kappa shape index (κ2) is 8.31. The zero-order chi connectivity index (χ0) is 21.3. The number of hydrogen-bond acceptors (Lipinski definition) is 4. The summed E-state index contributed by atoms with van der Waals surface area (Å²) >= 11 is 1.40. The van der Waals surface area contributed by atoms with E-state index in [0.29, 0.717) is 0 Å². The van der Waals surface area contributed by atoms with Crippen molar-refractivity contribution < 1.29 is 14.0 Å². The third-order valence-electron chi connectivity index (χ3n) is 5.04. The molecule has 8 heteroatoms. The Kier molecular flexibility index (Phi) is 5.59. The molecule has 0 radical (unpaired) electrons. The van der Waals surface area contributed by atoms with E-state index in [2.05, 4.69) is 15.7 Å². The van der Waals surface area contributed by atoms with Crippen molar-refractivity contribution in [1.29, 1.82) is 0 Å². The zero-order valence-corrected chi connectivity index (χ0v) is 17.4. The molecule has 2 amide bonds. The van der Waals surface area contributed by atoms with Crippen molar-refractivity contribution in [2.45, 2.75) is 36.5 Å². The Labute approximate surface area is 177 Å². The summed E-state index contributed by atoms with van der Waals surface area (Å²) in [7, 11) is 0. The summed E-state index contributed by atoms with van der Waals surface area (Å²) in [6.45, 7) is 3.77. The maximum Gasteiger partial charge on any atom is 0.238 e. The number of thioether (sulfide) groups is 1. The average Bonchev–Trinajstić information content (AvgIpc) is 3.10. The molecule has 3 aromatic rings. The smallest absolute Gasteiger partial charge is 0.238 e. The highest BCUT2D eigenvalue weighted by molar-refractivity contribution is 8.01. The molecule has 0 saturated carbocycles. The predicted molar refractivity (Wildman–Crippen MR) is 114 cm³/mol. The van der Waals surface area contributed by atoms with E-state index in [1.165, 1.54) is 23.9 Å². The molecule has 0 bridgehead atoms. The maximum absolute atomic E-state index is 13.2. The molecule has 6 nitrogen and oxygen atoms in total. The molecule has 0 spiro atoms. The van der Waals surface area contributed by atoms with Crippen molar-refractivity contribution >= 4 is 29.3 Å².